The van der Waals surface area contributed by atoms with Gasteiger partial charge in [-0.25, -0.2) is 5.48 Å². The van der Waals surface area contributed by atoms with Crippen LogP contribution in [0.4, 0.5) is 0 Å². The molecule has 0 radical (unpaired) electrons. The number of methoxy groups -OCH3 is 1. The molecule has 5 heteroatoms. The smallest absolute Gasteiger partial charge is 0.249 e. The van der Waals surface area contributed by atoms with Crippen LogP contribution in [-0.2, 0) is 14.4 Å². The van der Waals surface area contributed by atoms with Crippen molar-refractivity contribution in [2.75, 3.05) is 40.5 Å². The zero-order chi connectivity index (χ0) is 12.0. The maximum absolute atomic E-state index is 11.8. The van der Waals surface area contributed by atoms with Crippen molar-refractivity contribution in [3.05, 3.63) is 0 Å². The molecule has 0 aromatic carbocycles. The molecule has 0 aromatic heterocycles. The second kappa shape index (κ2) is 6.18. The van der Waals surface area contributed by atoms with Crippen LogP contribution in [0.2, 0.25) is 0 Å². The zero-order valence-electron chi connectivity index (χ0n) is 10.4. The Hall–Kier alpha value is -0.650. The lowest BCUT2D eigenvalue weighted by atomic mass is 9.80. The fourth-order valence-electron chi connectivity index (χ4n) is 1.93. The second-order valence-electron chi connectivity index (χ2n) is 4.53. The largest absolute Gasteiger partial charge is 0.383 e. The first-order valence-electron chi connectivity index (χ1n) is 5.67. The standard InChI is InChI=1S/C11H22N2O3/c1-11(10(14)12-16-3)4-6-13(7-5-11)8-9-15-2/h4-9H2,1-3H3,(H,12,14). The van der Waals surface area contributed by atoms with Crippen molar-refractivity contribution in [2.45, 2.75) is 19.8 Å². The van der Waals surface area contributed by atoms with Gasteiger partial charge in [-0.05, 0) is 25.9 Å². The molecule has 0 unspecified atom stereocenters. The Morgan fingerprint density at radius 3 is 2.50 bits per heavy atom. The molecule has 1 N–H and O–H groups in total. The highest BCUT2D eigenvalue weighted by Crippen LogP contribution is 2.30. The molecule has 0 atom stereocenters. The van der Waals surface area contributed by atoms with E-state index < -0.39 is 0 Å². The SMILES string of the molecule is COCCN1CCC(C)(C(=O)NOC)CC1. The third-order valence-electron chi connectivity index (χ3n) is 3.31. The van der Waals surface area contributed by atoms with Crippen LogP contribution in [0.15, 0.2) is 0 Å². The van der Waals surface area contributed by atoms with Crippen LogP contribution in [0.3, 0.4) is 0 Å². The van der Waals surface area contributed by atoms with E-state index in [1.165, 1.54) is 7.11 Å². The number of nitrogens with zero attached hydrogens (tertiary/aromatic N) is 1. The van der Waals surface area contributed by atoms with E-state index in [-0.39, 0.29) is 11.3 Å². The quantitative estimate of drug-likeness (QED) is 0.695. The van der Waals surface area contributed by atoms with Gasteiger partial charge >= 0.3 is 0 Å². The molecule has 5 nitrogen and oxygen atoms in total. The van der Waals surface area contributed by atoms with Gasteiger partial charge in [0.25, 0.3) is 0 Å². The predicted molar refractivity (Wildman–Crippen MR) is 60.8 cm³/mol. The summed E-state index contributed by atoms with van der Waals surface area (Å²) in [4.78, 5) is 18.8. The summed E-state index contributed by atoms with van der Waals surface area (Å²) in [7, 11) is 3.18. The van der Waals surface area contributed by atoms with Gasteiger partial charge < -0.3 is 9.64 Å². The summed E-state index contributed by atoms with van der Waals surface area (Å²) in [6.45, 7) is 5.57. The zero-order valence-corrected chi connectivity index (χ0v) is 10.4. The Morgan fingerprint density at radius 2 is 2.00 bits per heavy atom. The molecule has 1 aliphatic rings. The van der Waals surface area contributed by atoms with E-state index in [1.807, 2.05) is 6.92 Å². The number of rotatable bonds is 5. The number of ether oxygens (including phenoxy) is 1. The fraction of sp³-hybridized carbons (Fsp3) is 0.909. The number of carbonyl (C=O) groups excluding carboxylic acids is 1. The van der Waals surface area contributed by atoms with E-state index in [0.29, 0.717) is 0 Å². The summed E-state index contributed by atoms with van der Waals surface area (Å²) in [6.07, 6.45) is 1.73. The molecule has 0 aliphatic carbocycles. The van der Waals surface area contributed by atoms with Gasteiger partial charge in [0, 0.05) is 13.7 Å². The van der Waals surface area contributed by atoms with Gasteiger partial charge in [-0.2, -0.15) is 0 Å². The monoisotopic (exact) mass is 230 g/mol. The van der Waals surface area contributed by atoms with Gasteiger partial charge in [0.15, 0.2) is 0 Å². The molecule has 0 bridgehead atoms. The van der Waals surface area contributed by atoms with Gasteiger partial charge in [0.05, 0.1) is 19.1 Å². The minimum atomic E-state index is -0.292. The summed E-state index contributed by atoms with van der Waals surface area (Å²) in [5, 5.41) is 0. The first kappa shape index (κ1) is 13.4. The van der Waals surface area contributed by atoms with Gasteiger partial charge in [0.2, 0.25) is 5.91 Å². The summed E-state index contributed by atoms with van der Waals surface area (Å²) in [5.74, 6) is -0.0126. The maximum atomic E-state index is 11.8. The van der Waals surface area contributed by atoms with Crippen LogP contribution in [0.5, 0.6) is 0 Å². The van der Waals surface area contributed by atoms with Crippen LogP contribution >= 0.6 is 0 Å². The minimum Gasteiger partial charge on any atom is -0.383 e. The molecule has 1 heterocycles. The number of amides is 1. The fourth-order valence-corrected chi connectivity index (χ4v) is 1.93. The molecule has 1 amide bonds. The van der Waals surface area contributed by atoms with Gasteiger partial charge in [-0.15, -0.1) is 0 Å². The summed E-state index contributed by atoms with van der Waals surface area (Å²) in [5.41, 5.74) is 2.14. The van der Waals surface area contributed by atoms with Gasteiger partial charge in [-0.1, -0.05) is 6.92 Å². The Kier molecular flexibility index (Phi) is 5.18. The molecule has 1 fully saturated rings. The van der Waals surface area contributed by atoms with Crippen molar-refractivity contribution in [1.82, 2.24) is 10.4 Å². The minimum absolute atomic E-state index is 0.0126. The van der Waals surface area contributed by atoms with Gasteiger partial charge in [-0.3, -0.25) is 9.63 Å². The van der Waals surface area contributed by atoms with Crippen molar-refractivity contribution in [2.24, 2.45) is 5.41 Å². The molecule has 1 rings (SSSR count). The first-order chi connectivity index (χ1) is 7.62. The number of hydroxylamine groups is 1. The number of hydrogen-bond acceptors (Lipinski definition) is 4. The van der Waals surface area contributed by atoms with Gasteiger partial charge in [0.1, 0.15) is 0 Å². The molecule has 1 saturated heterocycles. The molecule has 94 valence electrons. The highest BCUT2D eigenvalue weighted by atomic mass is 16.6. The summed E-state index contributed by atoms with van der Waals surface area (Å²) < 4.78 is 5.04. The number of nitrogens with one attached hydrogen (secondary N) is 1. The highest BCUT2D eigenvalue weighted by molar-refractivity contribution is 5.81. The molecular formula is C11H22N2O3. The topological polar surface area (TPSA) is 50.8 Å². The number of likely N-dealkylation sites (tertiary alicyclic amines) is 1. The van der Waals surface area contributed by atoms with E-state index in [2.05, 4.69) is 15.2 Å². The molecular weight excluding hydrogens is 208 g/mol. The average Bonchev–Trinajstić information content (AvgIpc) is 2.29. The summed E-state index contributed by atoms with van der Waals surface area (Å²) >= 11 is 0. The molecule has 16 heavy (non-hydrogen) atoms. The Labute approximate surface area is 97.0 Å². The van der Waals surface area contributed by atoms with Crippen LogP contribution in [-0.4, -0.2) is 51.3 Å². The Balaban J connectivity index is 2.37. The maximum Gasteiger partial charge on any atom is 0.249 e. The molecule has 1 aliphatic heterocycles. The lowest BCUT2D eigenvalue weighted by Gasteiger charge is -2.37. The predicted octanol–water partition coefficient (Wildman–Crippen LogP) is 0.413. The van der Waals surface area contributed by atoms with E-state index in [9.17, 15) is 4.79 Å². The lowest BCUT2D eigenvalue weighted by molar-refractivity contribution is -0.143. The van der Waals surface area contributed by atoms with Crippen LogP contribution in [0.1, 0.15) is 19.8 Å². The van der Waals surface area contributed by atoms with E-state index >= 15 is 0 Å². The van der Waals surface area contributed by atoms with E-state index in [1.54, 1.807) is 7.11 Å². The van der Waals surface area contributed by atoms with Crippen LogP contribution < -0.4 is 5.48 Å². The first-order valence-corrected chi connectivity index (χ1v) is 5.67. The average molecular weight is 230 g/mol. The third kappa shape index (κ3) is 3.43. The number of hydrogen-bond donors (Lipinski definition) is 1. The van der Waals surface area contributed by atoms with Crippen molar-refractivity contribution in [3.8, 4) is 0 Å². The Morgan fingerprint density at radius 1 is 1.38 bits per heavy atom. The Bertz CT molecular complexity index is 225. The van der Waals surface area contributed by atoms with Crippen LogP contribution in [0.25, 0.3) is 0 Å². The van der Waals surface area contributed by atoms with Crippen LogP contribution in [0, 0.1) is 5.41 Å². The van der Waals surface area contributed by atoms with Crippen molar-refractivity contribution in [1.29, 1.82) is 0 Å². The molecule has 0 saturated carbocycles. The highest BCUT2D eigenvalue weighted by Gasteiger charge is 2.36. The number of carbonyl (C=O) groups is 1. The second-order valence-corrected chi connectivity index (χ2v) is 4.53. The molecule has 0 spiro atoms. The molecule has 0 aromatic rings. The van der Waals surface area contributed by atoms with Crippen molar-refractivity contribution >= 4 is 5.91 Å². The normalized spacial score (nSPS) is 20.7. The van der Waals surface area contributed by atoms with Crippen molar-refractivity contribution < 1.29 is 14.4 Å². The third-order valence-corrected chi connectivity index (χ3v) is 3.31. The van der Waals surface area contributed by atoms with Crippen molar-refractivity contribution in [3.63, 3.8) is 0 Å². The summed E-state index contributed by atoms with van der Waals surface area (Å²) in [6, 6.07) is 0. The lowest BCUT2D eigenvalue weighted by Crippen LogP contribution is -2.47. The van der Waals surface area contributed by atoms with E-state index in [4.69, 9.17) is 4.74 Å². The number of piperidine rings is 1. The van der Waals surface area contributed by atoms with E-state index in [0.717, 1.165) is 39.1 Å².